The van der Waals surface area contributed by atoms with Gasteiger partial charge in [0, 0.05) is 19.0 Å². The zero-order valence-electron chi connectivity index (χ0n) is 10.3. The summed E-state index contributed by atoms with van der Waals surface area (Å²) in [5.41, 5.74) is 5.70. The standard InChI is InChI=1S/C12H21N3O2/c1-8-11(16)14-5-6-15(8)12(17)10-4-2-3-9(10)7-13/h8-10H,2-7,13H2,1H3,(H,14,16). The van der Waals surface area contributed by atoms with Crippen molar-refractivity contribution in [2.24, 2.45) is 17.6 Å². The molecule has 0 spiro atoms. The number of piperazine rings is 1. The van der Waals surface area contributed by atoms with Crippen molar-refractivity contribution in [1.82, 2.24) is 10.2 Å². The number of hydrogen-bond acceptors (Lipinski definition) is 3. The lowest BCUT2D eigenvalue weighted by atomic mass is 9.94. The second kappa shape index (κ2) is 5.04. The Morgan fingerprint density at radius 1 is 1.53 bits per heavy atom. The minimum atomic E-state index is -0.338. The summed E-state index contributed by atoms with van der Waals surface area (Å²) < 4.78 is 0. The molecule has 0 aromatic rings. The summed E-state index contributed by atoms with van der Waals surface area (Å²) in [6.45, 7) is 3.55. The summed E-state index contributed by atoms with van der Waals surface area (Å²) in [5, 5.41) is 2.77. The lowest BCUT2D eigenvalue weighted by Crippen LogP contribution is -2.57. The van der Waals surface area contributed by atoms with E-state index in [0.717, 1.165) is 19.3 Å². The van der Waals surface area contributed by atoms with E-state index in [1.807, 2.05) is 0 Å². The summed E-state index contributed by atoms with van der Waals surface area (Å²) in [4.78, 5) is 25.7. The van der Waals surface area contributed by atoms with Crippen molar-refractivity contribution in [2.45, 2.75) is 32.2 Å². The van der Waals surface area contributed by atoms with Gasteiger partial charge in [-0.25, -0.2) is 0 Å². The van der Waals surface area contributed by atoms with Crippen molar-refractivity contribution >= 4 is 11.8 Å². The van der Waals surface area contributed by atoms with Gasteiger partial charge < -0.3 is 16.0 Å². The van der Waals surface area contributed by atoms with Crippen LogP contribution in [-0.2, 0) is 9.59 Å². The molecule has 96 valence electrons. The van der Waals surface area contributed by atoms with Gasteiger partial charge in [-0.05, 0) is 32.2 Å². The Kier molecular flexibility index (Phi) is 3.66. The lowest BCUT2D eigenvalue weighted by molar-refractivity contribution is -0.146. The van der Waals surface area contributed by atoms with Crippen molar-refractivity contribution in [3.8, 4) is 0 Å². The van der Waals surface area contributed by atoms with Gasteiger partial charge >= 0.3 is 0 Å². The fourth-order valence-corrected chi connectivity index (χ4v) is 2.94. The fourth-order valence-electron chi connectivity index (χ4n) is 2.94. The Balaban J connectivity index is 2.06. The number of carbonyl (C=O) groups is 2. The van der Waals surface area contributed by atoms with Crippen molar-refractivity contribution in [3.05, 3.63) is 0 Å². The van der Waals surface area contributed by atoms with Gasteiger partial charge in [0.1, 0.15) is 6.04 Å². The second-order valence-electron chi connectivity index (χ2n) is 5.03. The van der Waals surface area contributed by atoms with Gasteiger partial charge in [0.25, 0.3) is 0 Å². The molecule has 2 amide bonds. The monoisotopic (exact) mass is 239 g/mol. The van der Waals surface area contributed by atoms with Crippen LogP contribution in [0.15, 0.2) is 0 Å². The molecular formula is C12H21N3O2. The Morgan fingerprint density at radius 2 is 2.29 bits per heavy atom. The van der Waals surface area contributed by atoms with Gasteiger partial charge in [0.15, 0.2) is 0 Å². The average Bonchev–Trinajstić information content (AvgIpc) is 2.80. The molecule has 0 bridgehead atoms. The van der Waals surface area contributed by atoms with Gasteiger partial charge in [0.05, 0.1) is 0 Å². The number of carbonyl (C=O) groups excluding carboxylic acids is 2. The average molecular weight is 239 g/mol. The Morgan fingerprint density at radius 3 is 3.00 bits per heavy atom. The molecule has 2 fully saturated rings. The molecule has 5 nitrogen and oxygen atoms in total. The molecule has 2 aliphatic rings. The molecule has 1 saturated carbocycles. The fraction of sp³-hybridized carbons (Fsp3) is 0.833. The molecule has 2 rings (SSSR count). The van der Waals surface area contributed by atoms with Gasteiger partial charge in [-0.2, -0.15) is 0 Å². The lowest BCUT2D eigenvalue weighted by Gasteiger charge is -2.35. The predicted molar refractivity (Wildman–Crippen MR) is 64.1 cm³/mol. The highest BCUT2D eigenvalue weighted by Gasteiger charge is 2.38. The van der Waals surface area contributed by atoms with Crippen LogP contribution in [0.3, 0.4) is 0 Å². The molecule has 3 atom stereocenters. The third kappa shape index (κ3) is 2.29. The molecule has 1 saturated heterocycles. The maximum Gasteiger partial charge on any atom is 0.242 e. The van der Waals surface area contributed by atoms with Crippen LogP contribution in [-0.4, -0.2) is 42.4 Å². The molecule has 3 N–H and O–H groups in total. The zero-order chi connectivity index (χ0) is 12.4. The van der Waals surface area contributed by atoms with Crippen molar-refractivity contribution in [1.29, 1.82) is 0 Å². The molecule has 1 aliphatic carbocycles. The first kappa shape index (κ1) is 12.4. The number of nitrogens with one attached hydrogen (secondary N) is 1. The molecule has 17 heavy (non-hydrogen) atoms. The van der Waals surface area contributed by atoms with E-state index in [1.165, 1.54) is 0 Å². The second-order valence-corrected chi connectivity index (χ2v) is 5.03. The van der Waals surface area contributed by atoms with E-state index in [-0.39, 0.29) is 23.8 Å². The Bertz CT molecular complexity index is 319. The SMILES string of the molecule is CC1C(=O)NCCN1C(=O)C1CCCC1CN. The molecule has 3 unspecified atom stereocenters. The number of hydrogen-bond donors (Lipinski definition) is 2. The third-order valence-corrected chi connectivity index (χ3v) is 4.06. The van der Waals surface area contributed by atoms with Crippen molar-refractivity contribution < 1.29 is 9.59 Å². The Labute approximate surface area is 102 Å². The van der Waals surface area contributed by atoms with E-state index in [9.17, 15) is 9.59 Å². The summed E-state index contributed by atoms with van der Waals surface area (Å²) in [6, 6.07) is -0.338. The van der Waals surface area contributed by atoms with E-state index in [4.69, 9.17) is 5.73 Å². The molecule has 0 aromatic carbocycles. The van der Waals surface area contributed by atoms with Crippen LogP contribution in [0, 0.1) is 11.8 Å². The summed E-state index contributed by atoms with van der Waals surface area (Å²) in [7, 11) is 0. The first-order valence-electron chi connectivity index (χ1n) is 6.43. The molecular weight excluding hydrogens is 218 g/mol. The van der Waals surface area contributed by atoms with E-state index in [0.29, 0.717) is 25.6 Å². The molecule has 1 heterocycles. The van der Waals surface area contributed by atoms with Crippen LogP contribution in [0.25, 0.3) is 0 Å². The van der Waals surface area contributed by atoms with Crippen molar-refractivity contribution in [2.75, 3.05) is 19.6 Å². The number of nitrogens with zero attached hydrogens (tertiary/aromatic N) is 1. The van der Waals surface area contributed by atoms with Crippen LogP contribution >= 0.6 is 0 Å². The van der Waals surface area contributed by atoms with E-state index in [1.54, 1.807) is 11.8 Å². The maximum absolute atomic E-state index is 12.4. The first-order valence-corrected chi connectivity index (χ1v) is 6.43. The highest BCUT2D eigenvalue weighted by Crippen LogP contribution is 2.32. The van der Waals surface area contributed by atoms with Gasteiger partial charge in [-0.3, -0.25) is 9.59 Å². The van der Waals surface area contributed by atoms with Crippen LogP contribution in [0.5, 0.6) is 0 Å². The highest BCUT2D eigenvalue weighted by molar-refractivity contribution is 5.89. The minimum Gasteiger partial charge on any atom is -0.353 e. The Hall–Kier alpha value is -1.10. The summed E-state index contributed by atoms with van der Waals surface area (Å²) >= 11 is 0. The summed E-state index contributed by atoms with van der Waals surface area (Å²) in [5.74, 6) is 0.417. The third-order valence-electron chi connectivity index (χ3n) is 4.06. The number of nitrogens with two attached hydrogens (primary N) is 1. The molecule has 0 aromatic heterocycles. The van der Waals surface area contributed by atoms with E-state index < -0.39 is 0 Å². The zero-order valence-corrected chi connectivity index (χ0v) is 10.3. The van der Waals surface area contributed by atoms with Crippen LogP contribution in [0.4, 0.5) is 0 Å². The van der Waals surface area contributed by atoms with Crippen molar-refractivity contribution in [3.63, 3.8) is 0 Å². The summed E-state index contributed by atoms with van der Waals surface area (Å²) in [6.07, 6.45) is 3.04. The maximum atomic E-state index is 12.4. The van der Waals surface area contributed by atoms with E-state index >= 15 is 0 Å². The topological polar surface area (TPSA) is 75.4 Å². The van der Waals surface area contributed by atoms with Gasteiger partial charge in [0.2, 0.25) is 11.8 Å². The van der Waals surface area contributed by atoms with Crippen LogP contribution in [0.1, 0.15) is 26.2 Å². The highest BCUT2D eigenvalue weighted by atomic mass is 16.2. The van der Waals surface area contributed by atoms with E-state index in [2.05, 4.69) is 5.32 Å². The predicted octanol–water partition coefficient (Wildman–Crippen LogP) is -0.292. The number of rotatable bonds is 2. The largest absolute Gasteiger partial charge is 0.353 e. The molecule has 0 radical (unpaired) electrons. The van der Waals surface area contributed by atoms with Gasteiger partial charge in [-0.15, -0.1) is 0 Å². The first-order chi connectivity index (χ1) is 8.15. The van der Waals surface area contributed by atoms with Gasteiger partial charge in [-0.1, -0.05) is 6.42 Å². The quantitative estimate of drug-likeness (QED) is 0.695. The molecule has 5 heteroatoms. The smallest absolute Gasteiger partial charge is 0.242 e. The van der Waals surface area contributed by atoms with Crippen LogP contribution < -0.4 is 11.1 Å². The van der Waals surface area contributed by atoms with Crippen LogP contribution in [0.2, 0.25) is 0 Å². The number of amides is 2. The molecule has 1 aliphatic heterocycles. The minimum absolute atomic E-state index is 0.0355. The normalized spacial score (nSPS) is 33.6.